The molecular weight excluding hydrogens is 396 g/mol. The molecule has 2 heterocycles. The fourth-order valence-electron chi connectivity index (χ4n) is 4.87. The van der Waals surface area contributed by atoms with Crippen LogP contribution in [0.2, 0.25) is 0 Å². The molecule has 2 saturated heterocycles. The summed E-state index contributed by atoms with van der Waals surface area (Å²) in [6, 6.07) is 15.8. The molecule has 0 N–H and O–H groups in total. The zero-order valence-electron chi connectivity index (χ0n) is 19.2. The highest BCUT2D eigenvalue weighted by atomic mass is 16.1. The van der Waals surface area contributed by atoms with Crippen molar-refractivity contribution in [1.29, 1.82) is 0 Å². The van der Waals surface area contributed by atoms with E-state index in [4.69, 9.17) is 0 Å². The van der Waals surface area contributed by atoms with E-state index in [0.29, 0.717) is 12.8 Å². The second-order valence-electron chi connectivity index (χ2n) is 9.31. The van der Waals surface area contributed by atoms with Crippen molar-refractivity contribution in [3.63, 3.8) is 0 Å². The minimum Gasteiger partial charge on any atom is -0.303 e. The van der Waals surface area contributed by atoms with Gasteiger partial charge in [0.2, 0.25) is 0 Å². The maximum atomic E-state index is 12.6. The predicted octanol–water partition coefficient (Wildman–Crippen LogP) is 5.47. The van der Waals surface area contributed by atoms with Crippen molar-refractivity contribution in [2.75, 3.05) is 39.3 Å². The Morgan fingerprint density at radius 3 is 1.22 bits per heavy atom. The number of benzene rings is 2. The molecule has 0 saturated carbocycles. The number of nitrogens with zero attached hydrogens (tertiary/aromatic N) is 2. The van der Waals surface area contributed by atoms with Crippen molar-refractivity contribution >= 4 is 11.6 Å². The van der Waals surface area contributed by atoms with Gasteiger partial charge in [0, 0.05) is 37.1 Å². The molecule has 2 aliphatic rings. The summed E-state index contributed by atoms with van der Waals surface area (Å²) in [7, 11) is 0. The van der Waals surface area contributed by atoms with E-state index in [9.17, 15) is 9.59 Å². The lowest BCUT2D eigenvalue weighted by atomic mass is 9.99. The van der Waals surface area contributed by atoms with Gasteiger partial charge in [-0.1, -0.05) is 61.4 Å². The molecule has 170 valence electrons. The highest BCUT2D eigenvalue weighted by molar-refractivity contribution is 5.97. The molecule has 2 aromatic rings. The minimum absolute atomic E-state index is 0.219. The average molecular weight is 433 g/mol. The van der Waals surface area contributed by atoms with E-state index in [0.717, 1.165) is 61.5 Å². The molecule has 0 amide bonds. The molecule has 0 spiro atoms. The molecule has 0 atom stereocenters. The van der Waals surface area contributed by atoms with Gasteiger partial charge in [0.25, 0.3) is 0 Å². The Morgan fingerprint density at radius 1 is 0.531 bits per heavy atom. The number of rotatable bonds is 9. The lowest BCUT2D eigenvalue weighted by Crippen LogP contribution is -2.31. The van der Waals surface area contributed by atoms with E-state index < -0.39 is 0 Å². The topological polar surface area (TPSA) is 40.6 Å². The van der Waals surface area contributed by atoms with Crippen LogP contribution in [0.15, 0.2) is 48.5 Å². The molecule has 0 radical (unpaired) electrons. The summed E-state index contributed by atoms with van der Waals surface area (Å²) in [4.78, 5) is 29.9. The van der Waals surface area contributed by atoms with Crippen LogP contribution < -0.4 is 0 Å². The minimum atomic E-state index is 0.219. The summed E-state index contributed by atoms with van der Waals surface area (Å²) >= 11 is 0. The van der Waals surface area contributed by atoms with Crippen LogP contribution in [0.4, 0.5) is 0 Å². The normalized spacial score (nSPS) is 17.9. The summed E-state index contributed by atoms with van der Waals surface area (Å²) in [5.41, 5.74) is 3.72. The highest BCUT2D eigenvalue weighted by Crippen LogP contribution is 2.22. The number of piperidine rings is 2. The van der Waals surface area contributed by atoms with E-state index in [1.54, 1.807) is 0 Å². The molecule has 0 aromatic heterocycles. The molecule has 0 bridgehead atoms. The lowest BCUT2D eigenvalue weighted by Gasteiger charge is -2.25. The largest absolute Gasteiger partial charge is 0.303 e. The third-order valence-corrected chi connectivity index (χ3v) is 6.95. The van der Waals surface area contributed by atoms with Crippen LogP contribution in [0.5, 0.6) is 0 Å². The van der Waals surface area contributed by atoms with Gasteiger partial charge >= 0.3 is 0 Å². The van der Waals surface area contributed by atoms with Crippen LogP contribution in [0.3, 0.4) is 0 Å². The van der Waals surface area contributed by atoms with E-state index >= 15 is 0 Å². The Kier molecular flexibility index (Phi) is 8.24. The fourth-order valence-corrected chi connectivity index (χ4v) is 4.87. The summed E-state index contributed by atoms with van der Waals surface area (Å²) in [6.45, 7) is 6.25. The van der Waals surface area contributed by atoms with Crippen molar-refractivity contribution < 1.29 is 9.59 Å². The van der Waals surface area contributed by atoms with Crippen LogP contribution >= 0.6 is 0 Å². The SMILES string of the molecule is O=C(CCN1CCCCC1)c1ccc(-c2ccc(C(=O)CCN3CCCCC3)cc2)cc1. The van der Waals surface area contributed by atoms with E-state index in [-0.39, 0.29) is 11.6 Å². The second-order valence-corrected chi connectivity index (χ2v) is 9.31. The molecular formula is C28H36N2O2. The molecule has 2 aliphatic heterocycles. The molecule has 4 rings (SSSR count). The van der Waals surface area contributed by atoms with Gasteiger partial charge in [-0.15, -0.1) is 0 Å². The fraction of sp³-hybridized carbons (Fsp3) is 0.500. The summed E-state index contributed by atoms with van der Waals surface area (Å²) < 4.78 is 0. The van der Waals surface area contributed by atoms with Gasteiger partial charge in [0.15, 0.2) is 11.6 Å². The number of carbonyl (C=O) groups excluding carboxylic acids is 2. The first kappa shape index (κ1) is 22.9. The zero-order valence-corrected chi connectivity index (χ0v) is 19.2. The average Bonchev–Trinajstić information content (AvgIpc) is 2.87. The van der Waals surface area contributed by atoms with Gasteiger partial charge in [-0.2, -0.15) is 0 Å². The zero-order chi connectivity index (χ0) is 22.2. The third kappa shape index (κ3) is 6.36. The lowest BCUT2D eigenvalue weighted by molar-refractivity contribution is 0.0951. The maximum absolute atomic E-state index is 12.6. The Bertz CT molecular complexity index is 801. The van der Waals surface area contributed by atoms with Gasteiger partial charge in [-0.25, -0.2) is 0 Å². The van der Waals surface area contributed by atoms with Crippen LogP contribution in [0.1, 0.15) is 72.1 Å². The number of hydrogen-bond acceptors (Lipinski definition) is 4. The van der Waals surface area contributed by atoms with E-state index in [1.807, 2.05) is 48.5 Å². The van der Waals surface area contributed by atoms with Gasteiger partial charge in [0.05, 0.1) is 0 Å². The number of hydrogen-bond donors (Lipinski definition) is 0. The van der Waals surface area contributed by atoms with Gasteiger partial charge in [-0.05, 0) is 63.0 Å². The molecule has 2 fully saturated rings. The number of ketones is 2. The van der Waals surface area contributed by atoms with Crippen LogP contribution in [-0.2, 0) is 0 Å². The summed E-state index contributed by atoms with van der Waals surface area (Å²) in [6.07, 6.45) is 8.84. The smallest absolute Gasteiger partial charge is 0.164 e. The van der Waals surface area contributed by atoms with Crippen LogP contribution in [0, 0.1) is 0 Å². The molecule has 4 nitrogen and oxygen atoms in total. The van der Waals surface area contributed by atoms with Crippen LogP contribution in [-0.4, -0.2) is 60.6 Å². The van der Waals surface area contributed by atoms with Gasteiger partial charge in [0.1, 0.15) is 0 Å². The molecule has 32 heavy (non-hydrogen) atoms. The number of carbonyl (C=O) groups is 2. The predicted molar refractivity (Wildman–Crippen MR) is 130 cm³/mol. The first-order chi connectivity index (χ1) is 15.7. The van der Waals surface area contributed by atoms with Crippen molar-refractivity contribution in [3.05, 3.63) is 59.7 Å². The Morgan fingerprint density at radius 2 is 0.875 bits per heavy atom. The monoisotopic (exact) mass is 432 g/mol. The molecule has 0 aliphatic carbocycles. The Balaban J connectivity index is 1.28. The van der Waals surface area contributed by atoms with Gasteiger partial charge < -0.3 is 9.80 Å². The first-order valence-corrected chi connectivity index (χ1v) is 12.4. The number of Topliss-reactive ketones (excluding diaryl/α,β-unsaturated/α-hetero) is 2. The molecule has 0 unspecified atom stereocenters. The Hall–Kier alpha value is -2.30. The highest BCUT2D eigenvalue weighted by Gasteiger charge is 2.14. The van der Waals surface area contributed by atoms with E-state index in [1.165, 1.54) is 38.5 Å². The summed E-state index contributed by atoms with van der Waals surface area (Å²) in [5, 5.41) is 0. The quantitative estimate of drug-likeness (QED) is 0.493. The number of likely N-dealkylation sites (tertiary alicyclic amines) is 2. The summed E-state index contributed by atoms with van der Waals surface area (Å²) in [5.74, 6) is 0.438. The van der Waals surface area contributed by atoms with Crippen molar-refractivity contribution in [1.82, 2.24) is 9.80 Å². The van der Waals surface area contributed by atoms with E-state index in [2.05, 4.69) is 9.80 Å². The second kappa shape index (κ2) is 11.5. The van der Waals surface area contributed by atoms with Crippen molar-refractivity contribution in [3.8, 4) is 11.1 Å². The molecule has 4 heteroatoms. The van der Waals surface area contributed by atoms with Gasteiger partial charge in [-0.3, -0.25) is 9.59 Å². The Labute approximate surface area is 192 Å². The van der Waals surface area contributed by atoms with Crippen molar-refractivity contribution in [2.24, 2.45) is 0 Å². The maximum Gasteiger partial charge on any atom is 0.164 e. The first-order valence-electron chi connectivity index (χ1n) is 12.4. The van der Waals surface area contributed by atoms with Crippen molar-refractivity contribution in [2.45, 2.75) is 51.4 Å². The molecule has 2 aromatic carbocycles. The third-order valence-electron chi connectivity index (χ3n) is 6.95. The standard InChI is InChI=1S/C28H36N2O2/c31-27(15-21-29-17-3-1-4-18-29)25-11-7-23(8-12-25)24-9-13-26(14-10-24)28(32)16-22-30-19-5-2-6-20-30/h7-14H,1-6,15-22H2. The van der Waals surface area contributed by atoms with Crippen LogP contribution in [0.25, 0.3) is 11.1 Å².